The topological polar surface area (TPSA) is 105 Å². The van der Waals surface area contributed by atoms with Crippen LogP contribution >= 0.6 is 70.4 Å². The molecule has 0 aliphatic carbocycles. The molecule has 0 atom stereocenters. The maximum Gasteiger partial charge on any atom is 0.486 e. The van der Waals surface area contributed by atoms with Gasteiger partial charge >= 0.3 is 23.3 Å². The van der Waals surface area contributed by atoms with Gasteiger partial charge in [-0.15, -0.1) is 0 Å². The lowest BCUT2D eigenvalue weighted by Gasteiger charge is -2.30. The average Bonchev–Trinajstić information content (AvgIpc) is 3.27. The lowest BCUT2D eigenvalue weighted by Crippen LogP contribution is -2.46. The maximum absolute atomic E-state index is 16.5. The Morgan fingerprint density at radius 1 is 0.371 bits per heavy atom. The molecule has 0 saturated heterocycles. The zero-order chi connectivity index (χ0) is 42.9. The van der Waals surface area contributed by atoms with Gasteiger partial charge in [-0.25, -0.2) is 0 Å². The van der Waals surface area contributed by atoms with Crippen molar-refractivity contribution >= 4 is 70.4 Å². The molecule has 5 aromatic carbocycles. The number of benzene rings is 5. The third-order valence-electron chi connectivity index (χ3n) is 7.77. The van der Waals surface area contributed by atoms with Crippen LogP contribution in [-0.4, -0.2) is 35.2 Å². The van der Waals surface area contributed by atoms with Crippen LogP contribution in [0.25, 0.3) is 0 Å². The Balaban J connectivity index is 1.28. The van der Waals surface area contributed by atoms with E-state index in [0.29, 0.717) is 36.2 Å². The first kappa shape index (κ1) is 43.2. The Morgan fingerprint density at radius 3 is 1.02 bits per heavy atom. The smallest absolute Gasteiger partial charge is 0.376 e. The van der Waals surface area contributed by atoms with Crippen molar-refractivity contribution in [1.82, 2.24) is 29.9 Å². The van der Waals surface area contributed by atoms with E-state index >= 15 is 8.78 Å². The van der Waals surface area contributed by atoms with Crippen LogP contribution in [0, 0.1) is 23.8 Å². The average molecular weight is 945 g/mol. The molecule has 0 radical (unpaired) electrons. The molecule has 0 aliphatic rings. The molecule has 0 bridgehead atoms. The van der Waals surface area contributed by atoms with E-state index in [1.807, 2.05) is 72.8 Å². The van der Waals surface area contributed by atoms with Gasteiger partial charge in [0, 0.05) is 36.2 Å². The molecule has 0 unspecified atom stereocenters. The Kier molecular flexibility index (Phi) is 14.0. The second kappa shape index (κ2) is 20.1. The Labute approximate surface area is 377 Å². The van der Waals surface area contributed by atoms with Crippen molar-refractivity contribution in [3.05, 3.63) is 180 Å². The van der Waals surface area contributed by atoms with Crippen LogP contribution in [0.15, 0.2) is 196 Å². The second-order valence-corrected chi connectivity index (χ2v) is 18.0. The first-order valence-electron chi connectivity index (χ1n) is 17.9. The number of nitrogens with zero attached hydrogens (tertiary/aromatic N) is 6. The number of rotatable bonds is 16. The summed E-state index contributed by atoms with van der Waals surface area (Å²) in [5.41, 5.74) is 0. The van der Waals surface area contributed by atoms with Gasteiger partial charge in [-0.2, -0.15) is 47.5 Å². The molecule has 19 heteroatoms. The quantitative estimate of drug-likeness (QED) is 0.0397. The molecule has 0 amide bonds. The van der Waals surface area contributed by atoms with Gasteiger partial charge in [0.25, 0.3) is 0 Å². The number of halogens is 5. The highest BCUT2D eigenvalue weighted by molar-refractivity contribution is 8.02. The van der Waals surface area contributed by atoms with Crippen LogP contribution < -0.4 is 14.2 Å². The molecular weight excluding hydrogens is 920 g/mol. The largest absolute Gasteiger partial charge is 0.486 e. The van der Waals surface area contributed by atoms with Crippen molar-refractivity contribution in [3.63, 3.8) is 0 Å². The molecule has 8 aromatic rings. The van der Waals surface area contributed by atoms with E-state index in [-0.39, 0.29) is 19.8 Å². The van der Waals surface area contributed by atoms with Gasteiger partial charge in [0.05, 0.1) is 0 Å². The SMILES string of the molecule is Fc1nc(OC(Oc2nc(F)c(Sc3ccccc3)c(Sc3ccccc3)n2)(Oc2nc(F)c(Sc3ccccc3)c(Sc3ccccc3)n2)Sc2ccccc2)nc(F)c1Cl. The number of hydrogen-bond acceptors (Lipinski definition) is 14. The van der Waals surface area contributed by atoms with Crippen LogP contribution in [-0.2, 0) is 0 Å². The highest BCUT2D eigenvalue weighted by Crippen LogP contribution is 2.44. The second-order valence-electron chi connectivity index (χ2n) is 12.1. The van der Waals surface area contributed by atoms with Gasteiger partial charge in [-0.1, -0.05) is 150 Å². The molecule has 0 aliphatic heterocycles. The minimum absolute atomic E-state index is 0.0604. The molecular formula is C43H25ClF4N6O3S5. The molecule has 0 saturated carbocycles. The van der Waals surface area contributed by atoms with Crippen LogP contribution in [0.2, 0.25) is 5.02 Å². The third kappa shape index (κ3) is 11.1. The minimum Gasteiger partial charge on any atom is -0.376 e. The molecule has 62 heavy (non-hydrogen) atoms. The molecule has 0 spiro atoms. The summed E-state index contributed by atoms with van der Waals surface area (Å²) in [4.78, 5) is 27.7. The van der Waals surface area contributed by atoms with Crippen LogP contribution in [0.4, 0.5) is 17.6 Å². The lowest BCUT2D eigenvalue weighted by molar-refractivity contribution is -0.187. The van der Waals surface area contributed by atoms with E-state index in [9.17, 15) is 8.78 Å². The van der Waals surface area contributed by atoms with Crippen LogP contribution in [0.5, 0.6) is 18.0 Å². The van der Waals surface area contributed by atoms with Gasteiger partial charge < -0.3 is 14.2 Å². The fourth-order valence-electron chi connectivity index (χ4n) is 5.10. The van der Waals surface area contributed by atoms with Crippen LogP contribution in [0.1, 0.15) is 0 Å². The van der Waals surface area contributed by atoms with E-state index in [2.05, 4.69) is 29.9 Å². The fourth-order valence-corrected chi connectivity index (χ4v) is 9.83. The lowest BCUT2D eigenvalue weighted by atomic mass is 10.4. The number of hydrogen-bond donors (Lipinski definition) is 0. The van der Waals surface area contributed by atoms with E-state index in [1.54, 1.807) is 78.9 Å². The Morgan fingerprint density at radius 2 is 0.661 bits per heavy atom. The molecule has 0 N–H and O–H groups in total. The zero-order valence-corrected chi connectivity index (χ0v) is 36.1. The van der Waals surface area contributed by atoms with Crippen molar-refractivity contribution in [3.8, 4) is 18.0 Å². The summed E-state index contributed by atoms with van der Waals surface area (Å²) < 4.78 is 81.3. The molecule has 3 heterocycles. The highest BCUT2D eigenvalue weighted by atomic mass is 35.5. The highest BCUT2D eigenvalue weighted by Gasteiger charge is 2.45. The number of ether oxygens (including phenoxy) is 3. The standard InChI is InChI=1S/C43H25ClF4N6O3S5/c44-31-34(45)49-40(50-35(31)46)55-43(62-30-24-14-5-15-25-30,56-41-51-36(47)32(58-26-16-6-1-7-17-26)38(53-41)60-28-20-10-3-11-21-28)57-42-52-37(48)33(59-27-18-8-2-9-19-27)39(54-42)61-29-22-12-4-13-23-29/h1-25H. The summed E-state index contributed by atoms with van der Waals surface area (Å²) in [7, 11) is 0. The maximum atomic E-state index is 16.5. The van der Waals surface area contributed by atoms with E-state index in [1.165, 1.54) is 0 Å². The third-order valence-corrected chi connectivity index (χ3v) is 13.5. The molecule has 3 aromatic heterocycles. The predicted octanol–water partition coefficient (Wildman–Crippen LogP) is 12.8. The molecule has 310 valence electrons. The van der Waals surface area contributed by atoms with Gasteiger partial charge in [0.15, 0.2) is 5.02 Å². The van der Waals surface area contributed by atoms with Crippen molar-refractivity contribution < 1.29 is 31.8 Å². The summed E-state index contributed by atoms with van der Waals surface area (Å²) in [6.45, 7) is 0. The van der Waals surface area contributed by atoms with E-state index in [0.717, 1.165) is 47.0 Å². The fraction of sp³-hybridized carbons (Fsp3) is 0.0233. The predicted molar refractivity (Wildman–Crippen MR) is 230 cm³/mol. The van der Waals surface area contributed by atoms with Gasteiger partial charge in [-0.05, 0) is 60.7 Å². The van der Waals surface area contributed by atoms with Crippen molar-refractivity contribution in [1.29, 1.82) is 0 Å². The van der Waals surface area contributed by atoms with Gasteiger partial charge in [-0.3, -0.25) is 0 Å². The molecule has 0 fully saturated rings. The summed E-state index contributed by atoms with van der Waals surface area (Å²) in [5.74, 6) is -4.95. The normalized spacial score (nSPS) is 11.3. The van der Waals surface area contributed by atoms with Crippen molar-refractivity contribution in [2.24, 2.45) is 0 Å². The Hall–Kier alpha value is -5.50. The summed E-state index contributed by atoms with van der Waals surface area (Å²) >= 11 is 10.7. The van der Waals surface area contributed by atoms with E-state index in [4.69, 9.17) is 25.8 Å². The summed E-state index contributed by atoms with van der Waals surface area (Å²) in [6.07, 6.45) is 0. The first-order valence-corrected chi connectivity index (χ1v) is 22.4. The summed E-state index contributed by atoms with van der Waals surface area (Å²) in [5, 5.41) is -3.58. The monoisotopic (exact) mass is 944 g/mol. The van der Waals surface area contributed by atoms with Gasteiger partial charge in [0.1, 0.15) is 19.8 Å². The zero-order valence-electron chi connectivity index (χ0n) is 31.3. The summed E-state index contributed by atoms with van der Waals surface area (Å²) in [6, 6.07) is 42.2. The van der Waals surface area contributed by atoms with Crippen LogP contribution in [0.3, 0.4) is 0 Å². The number of aromatic nitrogens is 6. The minimum atomic E-state index is -2.81. The number of thioether (sulfide) groups is 1. The van der Waals surface area contributed by atoms with Crippen molar-refractivity contribution in [2.45, 2.75) is 49.6 Å². The molecule has 9 nitrogen and oxygen atoms in total. The van der Waals surface area contributed by atoms with Crippen molar-refractivity contribution in [2.75, 3.05) is 0 Å². The van der Waals surface area contributed by atoms with Gasteiger partial charge in [0.2, 0.25) is 23.8 Å². The Bertz CT molecular complexity index is 2620. The van der Waals surface area contributed by atoms with E-state index < -0.39 is 52.2 Å². The first-order chi connectivity index (χ1) is 30.2. The molecule has 8 rings (SSSR count).